The number of nitrogens with one attached hydrogen (secondary N) is 1. The summed E-state index contributed by atoms with van der Waals surface area (Å²) >= 11 is 12.0. The van der Waals surface area contributed by atoms with Crippen LogP contribution in [0.4, 0.5) is 0 Å². The maximum Gasteiger partial charge on any atom is 0.225 e. The lowest BCUT2D eigenvalue weighted by Crippen LogP contribution is -2.43. The maximum absolute atomic E-state index is 12.4. The lowest BCUT2D eigenvalue weighted by atomic mass is 9.89. The van der Waals surface area contributed by atoms with Gasteiger partial charge in [0.15, 0.2) is 0 Å². The highest BCUT2D eigenvalue weighted by Gasteiger charge is 2.26. The minimum absolute atomic E-state index is 0.0487. The van der Waals surface area contributed by atoms with E-state index in [1.807, 2.05) is 56.3 Å². The van der Waals surface area contributed by atoms with Gasteiger partial charge in [-0.1, -0.05) is 60.5 Å². The van der Waals surface area contributed by atoms with Gasteiger partial charge in [0.25, 0.3) is 0 Å². The Morgan fingerprint density at radius 2 is 1.73 bits per heavy atom. The third-order valence-electron chi connectivity index (χ3n) is 3.91. The topological polar surface area (TPSA) is 29.1 Å². The zero-order chi connectivity index (χ0) is 16.2. The molecule has 1 amide bonds. The van der Waals surface area contributed by atoms with Crippen LogP contribution >= 0.6 is 23.2 Å². The Morgan fingerprint density at radius 1 is 1.09 bits per heavy atom. The van der Waals surface area contributed by atoms with E-state index in [0.717, 1.165) is 17.5 Å². The zero-order valence-electron chi connectivity index (χ0n) is 12.7. The van der Waals surface area contributed by atoms with Crippen LogP contribution in [0.3, 0.4) is 0 Å². The molecule has 2 aromatic rings. The van der Waals surface area contributed by atoms with Crippen LogP contribution in [0.2, 0.25) is 10.0 Å². The highest BCUT2D eigenvalue weighted by atomic mass is 35.5. The molecule has 116 valence electrons. The summed E-state index contributed by atoms with van der Waals surface area (Å²) in [5.74, 6) is -0.0487. The standard InChI is InChI=1S/C18H19Cl2NO/c1-3-18(2,14-8-10-15(19)11-9-14)21-17(22)12-13-6-4-5-7-16(13)20/h4-11H,3,12H2,1-2H3,(H,21,22). The van der Waals surface area contributed by atoms with Crippen molar-refractivity contribution < 1.29 is 4.79 Å². The van der Waals surface area contributed by atoms with Gasteiger partial charge in [0.05, 0.1) is 12.0 Å². The van der Waals surface area contributed by atoms with Crippen LogP contribution in [0.1, 0.15) is 31.4 Å². The molecule has 22 heavy (non-hydrogen) atoms. The van der Waals surface area contributed by atoms with E-state index in [-0.39, 0.29) is 12.3 Å². The molecule has 0 aromatic heterocycles. The SMILES string of the molecule is CCC(C)(NC(=O)Cc1ccccc1Cl)c1ccc(Cl)cc1. The molecule has 2 aromatic carbocycles. The minimum Gasteiger partial charge on any atom is -0.347 e. The summed E-state index contributed by atoms with van der Waals surface area (Å²) in [5.41, 5.74) is 1.44. The fraction of sp³-hybridized carbons (Fsp3) is 0.278. The third-order valence-corrected chi connectivity index (χ3v) is 4.53. The average Bonchev–Trinajstić information content (AvgIpc) is 2.50. The van der Waals surface area contributed by atoms with Gasteiger partial charge >= 0.3 is 0 Å². The number of amides is 1. The van der Waals surface area contributed by atoms with Gasteiger partial charge in [0.1, 0.15) is 0 Å². The number of rotatable bonds is 5. The summed E-state index contributed by atoms with van der Waals surface area (Å²) < 4.78 is 0. The van der Waals surface area contributed by atoms with Crippen LogP contribution in [0.15, 0.2) is 48.5 Å². The Kier molecular flexibility index (Phi) is 5.49. The van der Waals surface area contributed by atoms with Crippen molar-refractivity contribution in [3.63, 3.8) is 0 Å². The zero-order valence-corrected chi connectivity index (χ0v) is 14.2. The maximum atomic E-state index is 12.4. The van der Waals surface area contributed by atoms with Gasteiger partial charge in [-0.15, -0.1) is 0 Å². The van der Waals surface area contributed by atoms with Crippen molar-refractivity contribution in [2.24, 2.45) is 0 Å². The number of hydrogen-bond acceptors (Lipinski definition) is 1. The van der Waals surface area contributed by atoms with Gasteiger partial charge in [-0.3, -0.25) is 4.79 Å². The first-order valence-electron chi connectivity index (χ1n) is 7.25. The van der Waals surface area contributed by atoms with Crippen molar-refractivity contribution in [1.82, 2.24) is 5.32 Å². The van der Waals surface area contributed by atoms with Crippen molar-refractivity contribution in [3.05, 3.63) is 69.7 Å². The number of hydrogen-bond donors (Lipinski definition) is 1. The fourth-order valence-corrected chi connectivity index (χ4v) is 2.68. The number of carbonyl (C=O) groups is 1. The quantitative estimate of drug-likeness (QED) is 0.820. The summed E-state index contributed by atoms with van der Waals surface area (Å²) in [6.45, 7) is 4.06. The summed E-state index contributed by atoms with van der Waals surface area (Å²) in [6, 6.07) is 15.0. The highest BCUT2D eigenvalue weighted by molar-refractivity contribution is 6.31. The molecule has 0 aliphatic rings. The lowest BCUT2D eigenvalue weighted by Gasteiger charge is -2.30. The van der Waals surface area contributed by atoms with E-state index in [0.29, 0.717) is 10.0 Å². The third kappa shape index (κ3) is 4.02. The van der Waals surface area contributed by atoms with Gasteiger partial charge in [-0.25, -0.2) is 0 Å². The Bertz CT molecular complexity index is 654. The molecule has 1 unspecified atom stereocenters. The molecule has 0 aliphatic heterocycles. The smallest absolute Gasteiger partial charge is 0.225 e. The first-order chi connectivity index (χ1) is 10.4. The van der Waals surface area contributed by atoms with Crippen molar-refractivity contribution in [3.8, 4) is 0 Å². The van der Waals surface area contributed by atoms with Crippen LogP contribution in [0.25, 0.3) is 0 Å². The first kappa shape index (κ1) is 16.9. The second-order valence-electron chi connectivity index (χ2n) is 5.51. The average molecular weight is 336 g/mol. The van der Waals surface area contributed by atoms with Crippen molar-refractivity contribution in [1.29, 1.82) is 0 Å². The Morgan fingerprint density at radius 3 is 2.32 bits per heavy atom. The van der Waals surface area contributed by atoms with Gasteiger partial charge in [0.2, 0.25) is 5.91 Å². The summed E-state index contributed by atoms with van der Waals surface area (Å²) in [5, 5.41) is 4.41. The van der Waals surface area contributed by atoms with Gasteiger partial charge in [-0.2, -0.15) is 0 Å². The van der Waals surface area contributed by atoms with Crippen LogP contribution in [0.5, 0.6) is 0 Å². The molecule has 0 saturated carbocycles. The molecule has 2 rings (SSSR count). The highest BCUT2D eigenvalue weighted by Crippen LogP contribution is 2.26. The molecular formula is C18H19Cl2NO. The van der Waals surface area contributed by atoms with Crippen LogP contribution in [-0.4, -0.2) is 5.91 Å². The molecule has 0 spiro atoms. The molecule has 0 bridgehead atoms. The molecule has 2 nitrogen and oxygen atoms in total. The second-order valence-corrected chi connectivity index (χ2v) is 6.35. The van der Waals surface area contributed by atoms with Crippen molar-refractivity contribution in [2.75, 3.05) is 0 Å². The fourth-order valence-electron chi connectivity index (χ4n) is 2.35. The summed E-state index contributed by atoms with van der Waals surface area (Å²) in [4.78, 5) is 12.4. The van der Waals surface area contributed by atoms with E-state index in [9.17, 15) is 4.79 Å². The summed E-state index contributed by atoms with van der Waals surface area (Å²) in [6.07, 6.45) is 1.05. The molecule has 0 heterocycles. The molecule has 0 radical (unpaired) electrons. The van der Waals surface area contributed by atoms with E-state index < -0.39 is 5.54 Å². The second kappa shape index (κ2) is 7.17. The van der Waals surface area contributed by atoms with E-state index in [4.69, 9.17) is 23.2 Å². The molecular weight excluding hydrogens is 317 g/mol. The van der Waals surface area contributed by atoms with E-state index in [2.05, 4.69) is 5.32 Å². The van der Waals surface area contributed by atoms with Gasteiger partial charge in [0, 0.05) is 10.0 Å². The first-order valence-corrected chi connectivity index (χ1v) is 8.00. The predicted octanol–water partition coefficient (Wildman–Crippen LogP) is 4.98. The molecule has 1 N–H and O–H groups in total. The minimum atomic E-state index is -0.428. The molecule has 0 saturated heterocycles. The molecule has 0 fully saturated rings. The lowest BCUT2D eigenvalue weighted by molar-refractivity contribution is -0.122. The van der Waals surface area contributed by atoms with Gasteiger partial charge in [-0.05, 0) is 42.7 Å². The van der Waals surface area contributed by atoms with E-state index in [1.54, 1.807) is 6.07 Å². The van der Waals surface area contributed by atoms with Crippen LogP contribution in [-0.2, 0) is 16.8 Å². The predicted molar refractivity (Wildman–Crippen MR) is 92.4 cm³/mol. The molecule has 1 atom stereocenters. The van der Waals surface area contributed by atoms with Gasteiger partial charge < -0.3 is 5.32 Å². The van der Waals surface area contributed by atoms with E-state index in [1.165, 1.54) is 0 Å². The summed E-state index contributed by atoms with van der Waals surface area (Å²) in [7, 11) is 0. The Hall–Kier alpha value is -1.51. The van der Waals surface area contributed by atoms with Crippen molar-refractivity contribution in [2.45, 2.75) is 32.2 Å². The van der Waals surface area contributed by atoms with E-state index >= 15 is 0 Å². The molecule has 4 heteroatoms. The number of carbonyl (C=O) groups excluding carboxylic acids is 1. The Balaban J connectivity index is 2.14. The van der Waals surface area contributed by atoms with Crippen LogP contribution < -0.4 is 5.32 Å². The van der Waals surface area contributed by atoms with Crippen molar-refractivity contribution >= 4 is 29.1 Å². The van der Waals surface area contributed by atoms with Crippen LogP contribution in [0, 0.1) is 0 Å². The number of benzene rings is 2. The largest absolute Gasteiger partial charge is 0.347 e. The normalized spacial score (nSPS) is 13.5. The number of halogens is 2. The molecule has 0 aliphatic carbocycles. The monoisotopic (exact) mass is 335 g/mol. The Labute approximate surface area is 141 Å².